The number of benzene rings is 3. The summed E-state index contributed by atoms with van der Waals surface area (Å²) in [6.45, 7) is 27.4. The Labute approximate surface area is 307 Å². The molecule has 1 aromatic heterocycles. The second-order valence-corrected chi connectivity index (χ2v) is 27.5. The number of aromatic nitrogens is 1. The zero-order chi connectivity index (χ0) is 36.3. The van der Waals surface area contributed by atoms with E-state index in [0.29, 0.717) is 0 Å². The van der Waals surface area contributed by atoms with Crippen LogP contribution in [0.4, 0.5) is 0 Å². The number of rotatable bonds is 15. The first-order chi connectivity index (χ1) is 23.7. The fraction of sp³-hybridized carbons (Fsp3) is 0.600. The van der Waals surface area contributed by atoms with Crippen LogP contribution in [0.15, 0.2) is 54.6 Å². The van der Waals surface area contributed by atoms with E-state index < -0.39 is 16.1 Å². The fourth-order valence-corrected chi connectivity index (χ4v) is 17.7. The van der Waals surface area contributed by atoms with Gasteiger partial charge in [0.15, 0.2) is 6.29 Å². The predicted molar refractivity (Wildman–Crippen MR) is 225 cm³/mol. The molecule has 1 atom stereocenters. The van der Waals surface area contributed by atoms with Crippen molar-refractivity contribution in [3.63, 3.8) is 0 Å². The summed E-state index contributed by atoms with van der Waals surface area (Å²) in [6, 6.07) is 27.5. The van der Waals surface area contributed by atoms with Crippen LogP contribution < -0.4 is 15.1 Å². The van der Waals surface area contributed by atoms with Gasteiger partial charge in [0.2, 0.25) is 0 Å². The van der Waals surface area contributed by atoms with Crippen LogP contribution in [0.1, 0.15) is 119 Å². The summed E-state index contributed by atoms with van der Waals surface area (Å²) in [5, 5.41) is 5.90. The maximum atomic E-state index is 6.90. The molecule has 1 saturated heterocycles. The third-order valence-corrected chi connectivity index (χ3v) is 21.5. The van der Waals surface area contributed by atoms with Crippen LogP contribution >= 0.6 is 0 Å². The summed E-state index contributed by atoms with van der Waals surface area (Å²) in [5.41, 5.74) is 5.41. The van der Waals surface area contributed by atoms with Crippen LogP contribution in [0.3, 0.4) is 0 Å². The summed E-state index contributed by atoms with van der Waals surface area (Å²) in [6.07, 6.45) is 9.08. The van der Waals surface area contributed by atoms with Crippen LogP contribution in [0.25, 0.3) is 27.5 Å². The van der Waals surface area contributed by atoms with E-state index in [-0.39, 0.29) is 17.1 Å². The minimum absolute atomic E-state index is 0.00340. The van der Waals surface area contributed by atoms with Crippen molar-refractivity contribution in [2.45, 2.75) is 163 Å². The quantitative estimate of drug-likeness (QED) is 0.115. The lowest BCUT2D eigenvalue weighted by Gasteiger charge is -2.34. The average Bonchev–Trinajstić information content (AvgIpc) is 3.37. The van der Waals surface area contributed by atoms with Gasteiger partial charge in [-0.05, 0) is 59.9 Å². The molecule has 0 radical (unpaired) electrons. The van der Waals surface area contributed by atoms with Gasteiger partial charge in [0.1, 0.15) is 5.75 Å². The second-order valence-electron chi connectivity index (χ2n) is 18.1. The maximum Gasteiger partial charge on any atom is 0.199 e. The molecule has 2 heterocycles. The molecule has 0 N–H and O–H groups in total. The Morgan fingerprint density at radius 2 is 1.22 bits per heavy atom. The fourth-order valence-electron chi connectivity index (χ4n) is 9.65. The van der Waals surface area contributed by atoms with Gasteiger partial charge in [-0.3, -0.25) is 0 Å². The molecule has 0 aliphatic carbocycles. The first-order valence-corrected chi connectivity index (χ1v) is 26.0. The molecule has 0 bridgehead atoms. The minimum Gasteiger partial charge on any atom is -0.463 e. The van der Waals surface area contributed by atoms with Crippen molar-refractivity contribution in [1.82, 2.24) is 4.57 Å². The van der Waals surface area contributed by atoms with Crippen LogP contribution in [0.5, 0.6) is 5.75 Å². The molecule has 50 heavy (non-hydrogen) atoms. The van der Waals surface area contributed by atoms with Gasteiger partial charge in [-0.25, -0.2) is 0 Å². The topological polar surface area (TPSA) is 23.4 Å². The van der Waals surface area contributed by atoms with Crippen molar-refractivity contribution < 1.29 is 9.47 Å². The normalized spacial score (nSPS) is 16.4. The van der Waals surface area contributed by atoms with Crippen molar-refractivity contribution >= 4 is 48.3 Å². The predicted octanol–water partition coefficient (Wildman–Crippen LogP) is 12.6. The van der Waals surface area contributed by atoms with Gasteiger partial charge < -0.3 is 14.0 Å². The van der Waals surface area contributed by atoms with E-state index in [9.17, 15) is 0 Å². The van der Waals surface area contributed by atoms with Crippen molar-refractivity contribution in [1.29, 1.82) is 0 Å². The molecule has 5 rings (SSSR count). The third-order valence-electron chi connectivity index (χ3n) is 11.7. The number of hydrogen-bond donors (Lipinski definition) is 0. The summed E-state index contributed by atoms with van der Waals surface area (Å²) in [5.74, 6) is 0.936. The van der Waals surface area contributed by atoms with Gasteiger partial charge in [-0.15, -0.1) is 0 Å². The summed E-state index contributed by atoms with van der Waals surface area (Å²) in [4.78, 5) is 0. The molecule has 0 spiro atoms. The molecule has 1 unspecified atom stereocenters. The largest absolute Gasteiger partial charge is 0.463 e. The van der Waals surface area contributed by atoms with E-state index in [0.717, 1.165) is 43.7 Å². The van der Waals surface area contributed by atoms with Gasteiger partial charge >= 0.3 is 0 Å². The summed E-state index contributed by atoms with van der Waals surface area (Å²) < 4.78 is 15.7. The van der Waals surface area contributed by atoms with Crippen molar-refractivity contribution in [3.05, 3.63) is 60.2 Å². The molecule has 0 amide bonds. The molecule has 0 saturated carbocycles. The number of ether oxygens (including phenoxy) is 2. The molecule has 4 aromatic rings. The Kier molecular flexibility index (Phi) is 12.2. The standard InChI is InChI=1S/C45H69NO2Si2/c1-12-26-49(10,27-13-2)35-20-22-37-38-23-21-36(50(11,28-14-3)29-15-4)32-40(38)46(39(37)31-35)41-30-34(45(8,9)33-44(5,6)7)19-24-42(41)48-43-18-16-17-25-47-43/h19-24,30-32,43H,12-18,25-29,33H2,1-11H3. The van der Waals surface area contributed by atoms with E-state index in [1.54, 1.807) is 10.4 Å². The lowest BCUT2D eigenvalue weighted by molar-refractivity contribution is -0.105. The van der Waals surface area contributed by atoms with Crippen molar-refractivity contribution in [2.24, 2.45) is 5.41 Å². The molecule has 1 aliphatic rings. The van der Waals surface area contributed by atoms with E-state index in [2.05, 4.69) is 135 Å². The Morgan fingerprint density at radius 1 is 0.700 bits per heavy atom. The van der Waals surface area contributed by atoms with Gasteiger partial charge in [-0.2, -0.15) is 0 Å². The first-order valence-electron chi connectivity index (χ1n) is 20.2. The van der Waals surface area contributed by atoms with E-state index >= 15 is 0 Å². The highest BCUT2D eigenvalue weighted by atomic mass is 28.3. The molecule has 5 heteroatoms. The molecular weight excluding hydrogens is 643 g/mol. The highest BCUT2D eigenvalue weighted by Crippen LogP contribution is 2.42. The lowest BCUT2D eigenvalue weighted by Crippen LogP contribution is -2.44. The van der Waals surface area contributed by atoms with Crippen molar-refractivity contribution in [2.75, 3.05) is 6.61 Å². The van der Waals surface area contributed by atoms with Crippen molar-refractivity contribution in [3.8, 4) is 11.4 Å². The number of nitrogens with zero attached hydrogens (tertiary/aromatic N) is 1. The molecule has 1 fully saturated rings. The molecular formula is C45H69NO2Si2. The highest BCUT2D eigenvalue weighted by Gasteiger charge is 2.33. The SMILES string of the molecule is CCC[Si](C)(CCC)c1ccc2c3ccc([Si](C)(CCC)CCC)cc3n(-c3cc(C(C)(C)CC(C)(C)C)ccc3OC3CCCCO3)c2c1. The summed E-state index contributed by atoms with van der Waals surface area (Å²) in [7, 11) is -3.30. The Morgan fingerprint density at radius 3 is 1.66 bits per heavy atom. The number of hydrogen-bond acceptors (Lipinski definition) is 2. The maximum absolute atomic E-state index is 6.90. The highest BCUT2D eigenvalue weighted by molar-refractivity contribution is 6.91. The van der Waals surface area contributed by atoms with Crippen LogP contribution in [0.2, 0.25) is 37.3 Å². The van der Waals surface area contributed by atoms with Crippen LogP contribution in [-0.2, 0) is 10.2 Å². The van der Waals surface area contributed by atoms with Crippen LogP contribution in [0, 0.1) is 5.41 Å². The molecule has 3 nitrogen and oxygen atoms in total. The smallest absolute Gasteiger partial charge is 0.199 e. The van der Waals surface area contributed by atoms with Crippen LogP contribution in [-0.4, -0.2) is 33.6 Å². The zero-order valence-electron chi connectivity index (χ0n) is 33.7. The van der Waals surface area contributed by atoms with Gasteiger partial charge in [0, 0.05) is 17.2 Å². The van der Waals surface area contributed by atoms with Gasteiger partial charge in [-0.1, -0.05) is 166 Å². The number of fused-ring (bicyclic) bond motifs is 3. The minimum atomic E-state index is -1.65. The monoisotopic (exact) mass is 711 g/mol. The van der Waals surface area contributed by atoms with E-state index in [1.165, 1.54) is 77.2 Å². The molecule has 274 valence electrons. The lowest BCUT2D eigenvalue weighted by atomic mass is 9.72. The third kappa shape index (κ3) is 8.31. The Bertz CT molecular complexity index is 1650. The zero-order valence-corrected chi connectivity index (χ0v) is 35.7. The Hall–Kier alpha value is -2.35. The van der Waals surface area contributed by atoms with Gasteiger partial charge in [0.05, 0.1) is 39.5 Å². The second kappa shape index (κ2) is 15.7. The van der Waals surface area contributed by atoms with Gasteiger partial charge in [0.25, 0.3) is 0 Å². The Balaban J connectivity index is 1.86. The molecule has 1 aliphatic heterocycles. The molecule has 3 aromatic carbocycles. The average molecular weight is 712 g/mol. The van der Waals surface area contributed by atoms with E-state index in [4.69, 9.17) is 9.47 Å². The van der Waals surface area contributed by atoms with E-state index in [1.807, 2.05) is 0 Å². The summed E-state index contributed by atoms with van der Waals surface area (Å²) >= 11 is 0. The first kappa shape index (κ1) is 38.9.